The topological polar surface area (TPSA) is 74.4 Å². The summed E-state index contributed by atoms with van der Waals surface area (Å²) in [6, 6.07) is 0. The fourth-order valence-electron chi connectivity index (χ4n) is 1.32. The third-order valence-electron chi connectivity index (χ3n) is 1.99. The van der Waals surface area contributed by atoms with Crippen LogP contribution in [0.2, 0.25) is 0 Å². The highest BCUT2D eigenvalue weighted by Gasteiger charge is 2.34. The largest absolute Gasteiger partial charge is 0.574 e. The van der Waals surface area contributed by atoms with Gasteiger partial charge in [0.05, 0.1) is 12.2 Å². The van der Waals surface area contributed by atoms with E-state index in [9.17, 15) is 18.0 Å². The normalized spacial score (nSPS) is 11.3. The van der Waals surface area contributed by atoms with Crippen molar-refractivity contribution in [3.8, 4) is 5.88 Å². The molecule has 1 heterocycles. The summed E-state index contributed by atoms with van der Waals surface area (Å²) in [5.41, 5.74) is 5.18. The molecule has 0 aliphatic carbocycles. The Morgan fingerprint density at radius 2 is 2.16 bits per heavy atom. The van der Waals surface area contributed by atoms with Gasteiger partial charge in [0, 0.05) is 21.9 Å². The van der Waals surface area contributed by atoms with Crippen molar-refractivity contribution in [1.82, 2.24) is 4.98 Å². The molecule has 0 spiro atoms. The molecule has 0 amide bonds. The highest BCUT2D eigenvalue weighted by atomic mass is 127. The second kappa shape index (κ2) is 6.37. The highest BCUT2D eigenvalue weighted by Crippen LogP contribution is 2.29. The fourth-order valence-corrected chi connectivity index (χ4v) is 2.00. The van der Waals surface area contributed by atoms with E-state index in [1.807, 2.05) is 0 Å². The van der Waals surface area contributed by atoms with Crippen LogP contribution in [0.1, 0.15) is 22.8 Å². The molecule has 0 bridgehead atoms. The zero-order valence-corrected chi connectivity index (χ0v) is 11.9. The lowest BCUT2D eigenvalue weighted by Gasteiger charge is -2.15. The third kappa shape index (κ3) is 4.20. The predicted molar refractivity (Wildman–Crippen MR) is 67.5 cm³/mol. The number of carbonyl (C=O) groups excluding carboxylic acids is 1. The standard InChI is InChI=1S/C10H10F3IN2O3/c1-2-18-9(17)7-5(3-15)8(16-4-6(7)14)19-10(11,12)13/h4H,2-3,15H2,1H3. The minimum Gasteiger partial charge on any atom is -0.462 e. The van der Waals surface area contributed by atoms with Crippen molar-refractivity contribution in [3.05, 3.63) is 20.9 Å². The number of hydrogen-bond donors (Lipinski definition) is 1. The van der Waals surface area contributed by atoms with Gasteiger partial charge in [-0.2, -0.15) is 0 Å². The van der Waals surface area contributed by atoms with Crippen molar-refractivity contribution in [1.29, 1.82) is 0 Å². The maximum absolute atomic E-state index is 12.2. The molecule has 106 valence electrons. The Kier molecular flexibility index (Phi) is 5.35. The van der Waals surface area contributed by atoms with E-state index in [4.69, 9.17) is 10.5 Å². The number of carbonyl (C=O) groups is 1. The van der Waals surface area contributed by atoms with Crippen LogP contribution in [-0.2, 0) is 11.3 Å². The SMILES string of the molecule is CCOC(=O)c1c(I)cnc(OC(F)(F)F)c1CN. The van der Waals surface area contributed by atoms with Gasteiger partial charge in [-0.3, -0.25) is 0 Å². The van der Waals surface area contributed by atoms with Gasteiger partial charge in [-0.15, -0.1) is 13.2 Å². The molecule has 2 N–H and O–H groups in total. The third-order valence-corrected chi connectivity index (χ3v) is 2.81. The molecule has 1 rings (SSSR count). The van der Waals surface area contributed by atoms with Gasteiger partial charge < -0.3 is 15.2 Å². The first-order valence-electron chi connectivity index (χ1n) is 5.10. The van der Waals surface area contributed by atoms with E-state index in [1.54, 1.807) is 29.5 Å². The molecular weight excluding hydrogens is 380 g/mol. The number of halogens is 4. The van der Waals surface area contributed by atoms with Crippen LogP contribution in [0.15, 0.2) is 6.20 Å². The van der Waals surface area contributed by atoms with Gasteiger partial charge in [0.1, 0.15) is 0 Å². The minimum atomic E-state index is -4.91. The number of rotatable bonds is 4. The van der Waals surface area contributed by atoms with Gasteiger partial charge in [-0.1, -0.05) is 0 Å². The molecule has 1 aromatic heterocycles. The van der Waals surface area contributed by atoms with E-state index in [2.05, 4.69) is 9.72 Å². The van der Waals surface area contributed by atoms with Crippen LogP contribution in [0, 0.1) is 3.57 Å². The van der Waals surface area contributed by atoms with Crippen molar-refractivity contribution in [2.24, 2.45) is 5.73 Å². The Morgan fingerprint density at radius 3 is 2.63 bits per heavy atom. The average molecular weight is 390 g/mol. The molecule has 0 fully saturated rings. The van der Waals surface area contributed by atoms with Crippen LogP contribution in [0.25, 0.3) is 0 Å². The summed E-state index contributed by atoms with van der Waals surface area (Å²) >= 11 is 1.76. The molecule has 0 saturated carbocycles. The second-order valence-electron chi connectivity index (χ2n) is 3.24. The summed E-state index contributed by atoms with van der Waals surface area (Å²) in [6.07, 6.45) is -3.82. The van der Waals surface area contributed by atoms with Crippen LogP contribution in [0.4, 0.5) is 13.2 Å². The van der Waals surface area contributed by atoms with Crippen LogP contribution < -0.4 is 10.5 Å². The van der Waals surface area contributed by atoms with E-state index in [-0.39, 0.29) is 24.3 Å². The van der Waals surface area contributed by atoms with Crippen molar-refractivity contribution in [3.63, 3.8) is 0 Å². The summed E-state index contributed by atoms with van der Waals surface area (Å²) in [6.45, 7) is 1.35. The molecule has 1 aromatic rings. The molecule has 5 nitrogen and oxygen atoms in total. The van der Waals surface area contributed by atoms with E-state index >= 15 is 0 Å². The van der Waals surface area contributed by atoms with Crippen LogP contribution in [0.3, 0.4) is 0 Å². The number of pyridine rings is 1. The quantitative estimate of drug-likeness (QED) is 0.631. The molecule has 0 aliphatic rings. The van der Waals surface area contributed by atoms with Crippen molar-refractivity contribution in [2.45, 2.75) is 19.8 Å². The van der Waals surface area contributed by atoms with Gasteiger partial charge in [0.15, 0.2) is 0 Å². The molecule has 0 aliphatic heterocycles. The maximum atomic E-state index is 12.2. The van der Waals surface area contributed by atoms with Gasteiger partial charge in [0.2, 0.25) is 5.88 Å². The van der Waals surface area contributed by atoms with E-state index in [1.165, 1.54) is 0 Å². The highest BCUT2D eigenvalue weighted by molar-refractivity contribution is 14.1. The number of alkyl halides is 3. The summed E-state index contributed by atoms with van der Waals surface area (Å²) in [4.78, 5) is 15.2. The van der Waals surface area contributed by atoms with Crippen molar-refractivity contribution >= 4 is 28.6 Å². The first kappa shape index (κ1) is 16.0. The van der Waals surface area contributed by atoms with Gasteiger partial charge in [0.25, 0.3) is 0 Å². The van der Waals surface area contributed by atoms with E-state index < -0.39 is 18.2 Å². The zero-order valence-electron chi connectivity index (χ0n) is 9.75. The number of aromatic nitrogens is 1. The summed E-state index contributed by atoms with van der Waals surface area (Å²) < 4.78 is 45.5. The molecule has 19 heavy (non-hydrogen) atoms. The Hall–Kier alpha value is -1.10. The van der Waals surface area contributed by atoms with Gasteiger partial charge >= 0.3 is 12.3 Å². The lowest BCUT2D eigenvalue weighted by molar-refractivity contribution is -0.276. The van der Waals surface area contributed by atoms with Crippen LogP contribution >= 0.6 is 22.6 Å². The lowest BCUT2D eigenvalue weighted by atomic mass is 10.1. The summed E-state index contributed by atoms with van der Waals surface area (Å²) in [5.74, 6) is -1.50. The molecule has 0 unspecified atom stereocenters. The number of nitrogens with two attached hydrogens (primary N) is 1. The number of esters is 1. The number of nitrogens with zero attached hydrogens (tertiary/aromatic N) is 1. The summed E-state index contributed by atoms with van der Waals surface area (Å²) in [7, 11) is 0. The number of ether oxygens (including phenoxy) is 2. The Balaban J connectivity index is 3.29. The van der Waals surface area contributed by atoms with Gasteiger partial charge in [-0.25, -0.2) is 9.78 Å². The van der Waals surface area contributed by atoms with E-state index in [0.29, 0.717) is 3.57 Å². The van der Waals surface area contributed by atoms with Crippen LogP contribution in [0.5, 0.6) is 5.88 Å². The van der Waals surface area contributed by atoms with E-state index in [0.717, 1.165) is 6.20 Å². The monoisotopic (exact) mass is 390 g/mol. The fraction of sp³-hybridized carbons (Fsp3) is 0.400. The smallest absolute Gasteiger partial charge is 0.462 e. The summed E-state index contributed by atoms with van der Waals surface area (Å²) in [5, 5.41) is 0. The molecule has 0 atom stereocenters. The first-order valence-corrected chi connectivity index (χ1v) is 6.18. The molecular formula is C10H10F3IN2O3. The maximum Gasteiger partial charge on any atom is 0.574 e. The first-order chi connectivity index (χ1) is 8.80. The minimum absolute atomic E-state index is 0.0563. The zero-order chi connectivity index (χ0) is 14.6. The molecule has 0 aromatic carbocycles. The van der Waals surface area contributed by atoms with Crippen molar-refractivity contribution in [2.75, 3.05) is 6.61 Å². The Bertz CT molecular complexity index is 480. The molecule has 0 radical (unpaired) electrons. The average Bonchev–Trinajstić information content (AvgIpc) is 2.29. The second-order valence-corrected chi connectivity index (χ2v) is 4.40. The molecule has 0 saturated heterocycles. The lowest BCUT2D eigenvalue weighted by Crippen LogP contribution is -2.22. The molecule has 9 heteroatoms. The predicted octanol–water partition coefficient (Wildman–Crippen LogP) is 2.22. The van der Waals surface area contributed by atoms with Crippen LogP contribution in [-0.4, -0.2) is 23.9 Å². The Labute approximate surface area is 120 Å². The van der Waals surface area contributed by atoms with Crippen molar-refractivity contribution < 1.29 is 27.4 Å². The number of hydrogen-bond acceptors (Lipinski definition) is 5. The Morgan fingerprint density at radius 1 is 1.53 bits per heavy atom. The van der Waals surface area contributed by atoms with Gasteiger partial charge in [-0.05, 0) is 29.5 Å².